The Morgan fingerprint density at radius 2 is 2.43 bits per heavy atom. The van der Waals surface area contributed by atoms with Gasteiger partial charge in [-0.05, 0) is 13.1 Å². The molecule has 0 amide bonds. The van der Waals surface area contributed by atoms with E-state index in [0.29, 0.717) is 0 Å². The van der Waals surface area contributed by atoms with Gasteiger partial charge in [-0.15, -0.1) is 16.4 Å². The van der Waals surface area contributed by atoms with E-state index < -0.39 is 0 Å². The van der Waals surface area contributed by atoms with Crippen LogP contribution in [0.2, 0.25) is 0 Å². The fraction of sp³-hybridized carbons (Fsp3) is 0.333. The average Bonchev–Trinajstić information content (AvgIpc) is 2.74. The van der Waals surface area contributed by atoms with Gasteiger partial charge >= 0.3 is 0 Å². The first kappa shape index (κ1) is 9.36. The minimum absolute atomic E-state index is 0.908. The molecule has 0 atom stereocenters. The van der Waals surface area contributed by atoms with Crippen LogP contribution in [0.3, 0.4) is 0 Å². The van der Waals surface area contributed by atoms with E-state index in [1.54, 1.807) is 16.0 Å². The van der Waals surface area contributed by atoms with Crippen LogP contribution in [0.5, 0.6) is 0 Å². The van der Waals surface area contributed by atoms with Gasteiger partial charge in [0.05, 0.1) is 6.20 Å². The fourth-order valence-corrected chi connectivity index (χ4v) is 2.15. The van der Waals surface area contributed by atoms with E-state index in [1.165, 1.54) is 4.88 Å². The first-order valence-corrected chi connectivity index (χ1v) is 5.26. The molecule has 5 heteroatoms. The molecular formula is C9H12N4S. The molecule has 0 radical (unpaired) electrons. The Morgan fingerprint density at radius 3 is 3.07 bits per heavy atom. The second-order valence-electron chi connectivity index (χ2n) is 3.11. The van der Waals surface area contributed by atoms with Crippen LogP contribution in [0.15, 0.2) is 17.6 Å². The van der Waals surface area contributed by atoms with Crippen LogP contribution in [0, 0.1) is 0 Å². The number of aromatic nitrogens is 3. The lowest BCUT2D eigenvalue weighted by Gasteiger charge is -1.91. The van der Waals surface area contributed by atoms with Gasteiger partial charge in [-0.2, -0.15) is 0 Å². The molecule has 0 unspecified atom stereocenters. The minimum Gasteiger partial charge on any atom is -0.315 e. The molecule has 14 heavy (non-hydrogen) atoms. The topological polar surface area (TPSA) is 42.7 Å². The molecule has 0 aliphatic heterocycles. The SMILES string of the molecule is CNCc1cc(-c2cn(C)nn2)cs1. The minimum atomic E-state index is 0.908. The summed E-state index contributed by atoms with van der Waals surface area (Å²) in [7, 11) is 3.82. The van der Waals surface area contributed by atoms with Gasteiger partial charge in [0.1, 0.15) is 5.69 Å². The third-order valence-electron chi connectivity index (χ3n) is 1.90. The summed E-state index contributed by atoms with van der Waals surface area (Å²) >= 11 is 1.74. The van der Waals surface area contributed by atoms with Gasteiger partial charge in [0, 0.05) is 29.4 Å². The average molecular weight is 208 g/mol. The Bertz CT molecular complexity index is 418. The quantitative estimate of drug-likeness (QED) is 0.826. The molecule has 0 spiro atoms. The molecule has 0 saturated heterocycles. The highest BCUT2D eigenvalue weighted by atomic mass is 32.1. The molecule has 2 heterocycles. The predicted octanol–water partition coefficient (Wildman–Crippen LogP) is 1.26. The summed E-state index contributed by atoms with van der Waals surface area (Å²) < 4.78 is 1.71. The maximum atomic E-state index is 4.06. The van der Waals surface area contributed by atoms with Crippen molar-refractivity contribution in [3.63, 3.8) is 0 Å². The van der Waals surface area contributed by atoms with Crippen molar-refractivity contribution in [1.82, 2.24) is 20.3 Å². The smallest absolute Gasteiger partial charge is 0.113 e. The molecule has 2 rings (SSSR count). The Kier molecular flexibility index (Phi) is 2.60. The van der Waals surface area contributed by atoms with E-state index in [-0.39, 0.29) is 0 Å². The van der Waals surface area contributed by atoms with Gasteiger partial charge in [0.25, 0.3) is 0 Å². The van der Waals surface area contributed by atoms with Crippen LogP contribution < -0.4 is 5.32 Å². The van der Waals surface area contributed by atoms with Gasteiger partial charge in [-0.25, -0.2) is 0 Å². The van der Waals surface area contributed by atoms with Crippen molar-refractivity contribution in [1.29, 1.82) is 0 Å². The number of hydrogen-bond donors (Lipinski definition) is 1. The molecule has 0 aromatic carbocycles. The molecule has 0 bridgehead atoms. The number of hydrogen-bond acceptors (Lipinski definition) is 4. The lowest BCUT2D eigenvalue weighted by atomic mass is 10.2. The van der Waals surface area contributed by atoms with Crippen LogP contribution in [-0.2, 0) is 13.6 Å². The van der Waals surface area contributed by atoms with Crippen molar-refractivity contribution >= 4 is 11.3 Å². The van der Waals surface area contributed by atoms with Crippen molar-refractivity contribution in [3.8, 4) is 11.3 Å². The Hall–Kier alpha value is -1.20. The second kappa shape index (κ2) is 3.89. The summed E-state index contributed by atoms with van der Waals surface area (Å²) in [6, 6.07) is 2.14. The number of nitrogens with zero attached hydrogens (tertiary/aromatic N) is 3. The Morgan fingerprint density at radius 1 is 1.57 bits per heavy atom. The first-order chi connectivity index (χ1) is 6.79. The van der Waals surface area contributed by atoms with Gasteiger partial charge < -0.3 is 5.32 Å². The van der Waals surface area contributed by atoms with E-state index in [0.717, 1.165) is 17.8 Å². The standard InChI is InChI=1S/C9H12N4S/c1-10-4-8-3-7(6-14-8)9-5-13(2)12-11-9/h3,5-6,10H,4H2,1-2H3. The van der Waals surface area contributed by atoms with Crippen LogP contribution >= 0.6 is 11.3 Å². The zero-order valence-corrected chi connectivity index (χ0v) is 9.01. The highest BCUT2D eigenvalue weighted by Crippen LogP contribution is 2.23. The van der Waals surface area contributed by atoms with Crippen LogP contribution in [0.25, 0.3) is 11.3 Å². The normalized spacial score (nSPS) is 10.7. The maximum absolute atomic E-state index is 4.06. The molecule has 0 fully saturated rings. The number of rotatable bonds is 3. The molecule has 0 saturated carbocycles. The van der Waals surface area contributed by atoms with Crippen LogP contribution in [0.4, 0.5) is 0 Å². The third kappa shape index (κ3) is 1.83. The summed E-state index contributed by atoms with van der Waals surface area (Å²) in [6.07, 6.45) is 1.92. The Labute approximate surface area is 86.6 Å². The van der Waals surface area contributed by atoms with E-state index in [2.05, 4.69) is 27.1 Å². The molecule has 0 aliphatic carbocycles. The molecule has 2 aromatic rings. The highest BCUT2D eigenvalue weighted by molar-refractivity contribution is 7.10. The van der Waals surface area contributed by atoms with Crippen LogP contribution in [-0.4, -0.2) is 22.0 Å². The summed E-state index contributed by atoms with van der Waals surface area (Å²) in [4.78, 5) is 1.31. The number of aryl methyl sites for hydroxylation is 1. The zero-order chi connectivity index (χ0) is 9.97. The summed E-state index contributed by atoms with van der Waals surface area (Å²) in [6.45, 7) is 0.908. The lowest BCUT2D eigenvalue weighted by Crippen LogP contribution is -2.02. The monoisotopic (exact) mass is 208 g/mol. The van der Waals surface area contributed by atoms with Crippen molar-refractivity contribution in [2.45, 2.75) is 6.54 Å². The van der Waals surface area contributed by atoms with Crippen molar-refractivity contribution in [2.75, 3.05) is 7.05 Å². The van der Waals surface area contributed by atoms with E-state index in [9.17, 15) is 0 Å². The lowest BCUT2D eigenvalue weighted by molar-refractivity contribution is 0.715. The second-order valence-corrected chi connectivity index (χ2v) is 4.11. The first-order valence-electron chi connectivity index (χ1n) is 4.38. The summed E-state index contributed by atoms with van der Waals surface area (Å²) in [5.41, 5.74) is 2.08. The third-order valence-corrected chi connectivity index (χ3v) is 2.84. The molecule has 4 nitrogen and oxygen atoms in total. The molecule has 0 aliphatic rings. The number of thiophene rings is 1. The van der Waals surface area contributed by atoms with E-state index in [4.69, 9.17) is 0 Å². The number of nitrogens with one attached hydrogen (secondary N) is 1. The summed E-state index contributed by atoms with van der Waals surface area (Å²) in [5, 5.41) is 13.2. The fourth-order valence-electron chi connectivity index (χ4n) is 1.26. The van der Waals surface area contributed by atoms with Crippen molar-refractivity contribution in [3.05, 3.63) is 22.5 Å². The van der Waals surface area contributed by atoms with Gasteiger partial charge in [-0.3, -0.25) is 4.68 Å². The largest absolute Gasteiger partial charge is 0.315 e. The predicted molar refractivity (Wildman–Crippen MR) is 57.1 cm³/mol. The Balaban J connectivity index is 2.24. The molecule has 1 N–H and O–H groups in total. The van der Waals surface area contributed by atoms with Gasteiger partial charge in [0.2, 0.25) is 0 Å². The van der Waals surface area contributed by atoms with Crippen molar-refractivity contribution < 1.29 is 0 Å². The molecule has 74 valence electrons. The van der Waals surface area contributed by atoms with Gasteiger partial charge in [0.15, 0.2) is 0 Å². The van der Waals surface area contributed by atoms with Crippen LogP contribution in [0.1, 0.15) is 4.88 Å². The zero-order valence-electron chi connectivity index (χ0n) is 8.19. The molecule has 2 aromatic heterocycles. The van der Waals surface area contributed by atoms with E-state index in [1.807, 2.05) is 20.3 Å². The van der Waals surface area contributed by atoms with E-state index >= 15 is 0 Å². The highest BCUT2D eigenvalue weighted by Gasteiger charge is 2.04. The van der Waals surface area contributed by atoms with Gasteiger partial charge in [-0.1, -0.05) is 5.21 Å². The van der Waals surface area contributed by atoms with Crippen molar-refractivity contribution in [2.24, 2.45) is 7.05 Å². The maximum Gasteiger partial charge on any atom is 0.113 e. The summed E-state index contributed by atoms with van der Waals surface area (Å²) in [5.74, 6) is 0. The molecular weight excluding hydrogens is 196 g/mol.